The molecular formula is C16H18N2O3. The fraction of sp³-hybridized carbons (Fsp3) is 0.312. The number of benzene rings is 1. The van der Waals surface area contributed by atoms with Gasteiger partial charge in [-0.2, -0.15) is 0 Å². The van der Waals surface area contributed by atoms with Crippen LogP contribution in [0, 0.1) is 5.41 Å². The molecule has 0 radical (unpaired) electrons. The van der Waals surface area contributed by atoms with E-state index in [9.17, 15) is 14.4 Å². The first-order valence-corrected chi connectivity index (χ1v) is 6.72. The number of rotatable bonds is 3. The number of nitrogens with one attached hydrogen (secondary N) is 1. The van der Waals surface area contributed by atoms with Gasteiger partial charge in [-0.05, 0) is 17.5 Å². The topological polar surface area (TPSA) is 89.3 Å². The minimum atomic E-state index is -0.570. The molecule has 1 aromatic rings. The molecule has 1 fully saturated rings. The summed E-state index contributed by atoms with van der Waals surface area (Å²) in [5, 5.41) is 2.85. The molecule has 110 valence electrons. The smallest absolute Gasteiger partial charge is 0.250 e. The Kier molecular flexibility index (Phi) is 3.93. The van der Waals surface area contributed by atoms with E-state index in [0.717, 1.165) is 0 Å². The van der Waals surface area contributed by atoms with Gasteiger partial charge in [0.2, 0.25) is 0 Å². The molecule has 0 unspecified atom stereocenters. The first kappa shape index (κ1) is 15.0. The predicted octanol–water partition coefficient (Wildman–Crippen LogP) is 2.04. The Morgan fingerprint density at radius 1 is 1.19 bits per heavy atom. The van der Waals surface area contributed by atoms with Crippen molar-refractivity contribution >= 4 is 23.2 Å². The summed E-state index contributed by atoms with van der Waals surface area (Å²) >= 11 is 0. The third-order valence-electron chi connectivity index (χ3n) is 3.44. The second-order valence-corrected chi connectivity index (χ2v) is 5.98. The molecule has 0 atom stereocenters. The van der Waals surface area contributed by atoms with E-state index in [1.54, 1.807) is 24.3 Å². The average molecular weight is 286 g/mol. The summed E-state index contributed by atoms with van der Waals surface area (Å²) in [6.07, 6.45) is 2.05. The zero-order valence-electron chi connectivity index (χ0n) is 12.1. The molecule has 2 rings (SSSR count). The number of carbonyl (C=O) groups is 3. The predicted molar refractivity (Wildman–Crippen MR) is 79.7 cm³/mol. The highest BCUT2D eigenvalue weighted by atomic mass is 16.2. The van der Waals surface area contributed by atoms with Crippen LogP contribution in [0.1, 0.15) is 37.0 Å². The molecule has 21 heavy (non-hydrogen) atoms. The zero-order valence-corrected chi connectivity index (χ0v) is 12.1. The lowest BCUT2D eigenvalue weighted by molar-refractivity contribution is -0.127. The van der Waals surface area contributed by atoms with Gasteiger partial charge in [-0.1, -0.05) is 26.0 Å². The number of amides is 1. The van der Waals surface area contributed by atoms with Crippen molar-refractivity contribution in [3.05, 3.63) is 41.6 Å². The second kappa shape index (κ2) is 5.52. The van der Waals surface area contributed by atoms with Crippen LogP contribution in [0.3, 0.4) is 0 Å². The van der Waals surface area contributed by atoms with E-state index in [0.29, 0.717) is 24.1 Å². The summed E-state index contributed by atoms with van der Waals surface area (Å²) in [7, 11) is 0. The first-order valence-electron chi connectivity index (χ1n) is 6.72. The lowest BCUT2D eigenvalue weighted by atomic mass is 9.74. The maximum atomic E-state index is 12.0. The highest BCUT2D eigenvalue weighted by Gasteiger charge is 2.35. The maximum Gasteiger partial charge on any atom is 0.250 e. The van der Waals surface area contributed by atoms with Gasteiger partial charge in [0.25, 0.3) is 5.91 Å². The molecule has 1 aromatic carbocycles. The van der Waals surface area contributed by atoms with E-state index in [-0.39, 0.29) is 22.6 Å². The van der Waals surface area contributed by atoms with Crippen LogP contribution in [-0.2, 0) is 9.59 Å². The van der Waals surface area contributed by atoms with Gasteiger partial charge in [-0.3, -0.25) is 14.4 Å². The minimum absolute atomic E-state index is 0.147. The lowest BCUT2D eigenvalue weighted by Gasteiger charge is -2.28. The Morgan fingerprint density at radius 3 is 2.33 bits per heavy atom. The van der Waals surface area contributed by atoms with Gasteiger partial charge < -0.3 is 11.1 Å². The van der Waals surface area contributed by atoms with Crippen LogP contribution < -0.4 is 11.1 Å². The molecule has 0 spiro atoms. The molecule has 5 heteroatoms. The fourth-order valence-electron chi connectivity index (χ4n) is 2.41. The normalized spacial score (nSPS) is 17.5. The Morgan fingerprint density at radius 2 is 1.76 bits per heavy atom. The quantitative estimate of drug-likeness (QED) is 0.657. The van der Waals surface area contributed by atoms with Gasteiger partial charge in [0.05, 0.1) is 16.8 Å². The van der Waals surface area contributed by atoms with Crippen molar-refractivity contribution in [3.63, 3.8) is 0 Å². The summed E-state index contributed by atoms with van der Waals surface area (Å²) < 4.78 is 0. The van der Waals surface area contributed by atoms with Gasteiger partial charge in [0, 0.05) is 19.0 Å². The Labute approximate surface area is 123 Å². The van der Waals surface area contributed by atoms with Gasteiger partial charge in [-0.25, -0.2) is 0 Å². The number of anilines is 1. The van der Waals surface area contributed by atoms with Crippen molar-refractivity contribution in [1.82, 2.24) is 0 Å². The minimum Gasteiger partial charge on any atom is -0.366 e. The van der Waals surface area contributed by atoms with Crippen LogP contribution in [-0.4, -0.2) is 17.5 Å². The highest BCUT2D eigenvalue weighted by Crippen LogP contribution is 2.33. The summed E-state index contributed by atoms with van der Waals surface area (Å²) in [4.78, 5) is 35.4. The van der Waals surface area contributed by atoms with Crippen LogP contribution in [0.4, 0.5) is 5.69 Å². The van der Waals surface area contributed by atoms with Crippen molar-refractivity contribution in [2.45, 2.75) is 26.7 Å². The standard InChI is InChI=1S/C16H18N2O3/c1-16(2)7-13(19)11(14(20)8-16)9-18-12-6-4-3-5-10(12)15(17)21/h3-6,9,18H,7-8H2,1-2H3,(H2,17,21). The van der Waals surface area contributed by atoms with Crippen molar-refractivity contribution < 1.29 is 14.4 Å². The zero-order chi connectivity index (χ0) is 15.6. The van der Waals surface area contributed by atoms with Crippen molar-refractivity contribution in [1.29, 1.82) is 0 Å². The largest absolute Gasteiger partial charge is 0.366 e. The number of hydrogen-bond donors (Lipinski definition) is 2. The molecular weight excluding hydrogens is 268 g/mol. The van der Waals surface area contributed by atoms with Crippen LogP contribution in [0.2, 0.25) is 0 Å². The SMILES string of the molecule is CC1(C)CC(=O)C(=CNc2ccccc2C(N)=O)C(=O)C1. The molecule has 1 amide bonds. The van der Waals surface area contributed by atoms with Gasteiger partial charge in [0.1, 0.15) is 0 Å². The van der Waals surface area contributed by atoms with E-state index in [2.05, 4.69) is 5.32 Å². The summed E-state index contributed by atoms with van der Waals surface area (Å²) in [5.41, 5.74) is 5.92. The number of Topliss-reactive ketones (excluding diaryl/α,β-unsaturated/α-hetero) is 2. The Bertz CT molecular complexity index is 623. The number of allylic oxidation sites excluding steroid dienone is 1. The van der Waals surface area contributed by atoms with E-state index in [4.69, 9.17) is 5.73 Å². The van der Waals surface area contributed by atoms with E-state index in [1.165, 1.54) is 6.20 Å². The average Bonchev–Trinajstić information content (AvgIpc) is 2.36. The third kappa shape index (κ3) is 3.37. The van der Waals surface area contributed by atoms with Crippen LogP contribution >= 0.6 is 0 Å². The summed E-state index contributed by atoms with van der Waals surface area (Å²) in [6, 6.07) is 6.68. The number of primary amides is 1. The number of carbonyl (C=O) groups excluding carboxylic acids is 3. The lowest BCUT2D eigenvalue weighted by Crippen LogP contribution is -2.31. The van der Waals surface area contributed by atoms with E-state index in [1.807, 2.05) is 13.8 Å². The maximum absolute atomic E-state index is 12.0. The van der Waals surface area contributed by atoms with Crippen LogP contribution in [0.5, 0.6) is 0 Å². The molecule has 0 aromatic heterocycles. The third-order valence-corrected chi connectivity index (χ3v) is 3.44. The van der Waals surface area contributed by atoms with Crippen molar-refractivity contribution in [2.24, 2.45) is 11.1 Å². The van der Waals surface area contributed by atoms with E-state index >= 15 is 0 Å². The molecule has 1 aliphatic carbocycles. The van der Waals surface area contributed by atoms with Gasteiger partial charge in [-0.15, -0.1) is 0 Å². The van der Waals surface area contributed by atoms with Crippen LogP contribution in [0.25, 0.3) is 0 Å². The molecule has 0 heterocycles. The second-order valence-electron chi connectivity index (χ2n) is 5.98. The Balaban J connectivity index is 2.24. The molecule has 1 saturated carbocycles. The number of ketones is 2. The monoisotopic (exact) mass is 286 g/mol. The number of nitrogens with two attached hydrogens (primary N) is 1. The molecule has 1 aliphatic rings. The summed E-state index contributed by atoms with van der Waals surface area (Å²) in [6.45, 7) is 3.80. The number of para-hydroxylation sites is 1. The Hall–Kier alpha value is -2.43. The van der Waals surface area contributed by atoms with E-state index < -0.39 is 5.91 Å². The number of hydrogen-bond acceptors (Lipinski definition) is 4. The molecule has 0 aliphatic heterocycles. The molecule has 3 N–H and O–H groups in total. The summed E-state index contributed by atoms with van der Waals surface area (Å²) in [5.74, 6) is -0.931. The van der Waals surface area contributed by atoms with Gasteiger partial charge >= 0.3 is 0 Å². The first-order chi connectivity index (χ1) is 9.80. The van der Waals surface area contributed by atoms with Crippen LogP contribution in [0.15, 0.2) is 36.0 Å². The van der Waals surface area contributed by atoms with Crippen molar-refractivity contribution in [3.8, 4) is 0 Å². The van der Waals surface area contributed by atoms with Crippen molar-refractivity contribution in [2.75, 3.05) is 5.32 Å². The van der Waals surface area contributed by atoms with Gasteiger partial charge in [0.15, 0.2) is 11.6 Å². The highest BCUT2D eigenvalue weighted by molar-refractivity contribution is 6.22. The molecule has 0 saturated heterocycles. The molecule has 5 nitrogen and oxygen atoms in total. The fourth-order valence-corrected chi connectivity index (χ4v) is 2.41. The molecule has 0 bridgehead atoms.